The van der Waals surface area contributed by atoms with E-state index in [1.165, 1.54) is 0 Å². The Kier molecular flexibility index (Phi) is 6.01. The van der Waals surface area contributed by atoms with E-state index < -0.39 is 0 Å². The average Bonchev–Trinajstić information content (AvgIpc) is 2.68. The number of nitrogens with zero attached hydrogens (tertiary/aromatic N) is 2. The molecule has 2 aromatic carbocycles. The Morgan fingerprint density at radius 2 is 1.52 bits per heavy atom. The van der Waals surface area contributed by atoms with Crippen molar-refractivity contribution in [2.45, 2.75) is 18.9 Å². The van der Waals surface area contributed by atoms with Gasteiger partial charge in [-0.05, 0) is 61.4 Å². The maximum atomic E-state index is 12.7. The zero-order valence-corrected chi connectivity index (χ0v) is 16.4. The van der Waals surface area contributed by atoms with Gasteiger partial charge in [-0.2, -0.15) is 0 Å². The van der Waals surface area contributed by atoms with Gasteiger partial charge in [0.2, 0.25) is 0 Å². The highest BCUT2D eigenvalue weighted by Crippen LogP contribution is 2.18. The molecule has 27 heavy (non-hydrogen) atoms. The summed E-state index contributed by atoms with van der Waals surface area (Å²) >= 11 is 5.86. The first kappa shape index (κ1) is 19.2. The molecular weight excluding hydrogens is 362 g/mol. The molecule has 3 rings (SSSR count). The van der Waals surface area contributed by atoms with Gasteiger partial charge in [0.05, 0.1) is 0 Å². The first-order chi connectivity index (χ1) is 12.9. The molecule has 2 amide bonds. The Balaban J connectivity index is 1.53. The SMILES string of the molecule is CN(C)c1ccc(C(=O)N2CCC(NC(=O)c3ccc(Cl)cc3)CC2)cc1. The van der Waals surface area contributed by atoms with Crippen molar-refractivity contribution in [3.63, 3.8) is 0 Å². The number of rotatable bonds is 4. The van der Waals surface area contributed by atoms with Crippen LogP contribution < -0.4 is 10.2 Å². The van der Waals surface area contributed by atoms with Crippen molar-refractivity contribution in [1.82, 2.24) is 10.2 Å². The van der Waals surface area contributed by atoms with Crippen molar-refractivity contribution >= 4 is 29.1 Å². The van der Waals surface area contributed by atoms with E-state index in [2.05, 4.69) is 5.32 Å². The number of likely N-dealkylation sites (tertiary alicyclic amines) is 1. The lowest BCUT2D eigenvalue weighted by Gasteiger charge is -2.32. The van der Waals surface area contributed by atoms with E-state index >= 15 is 0 Å². The van der Waals surface area contributed by atoms with Gasteiger partial charge in [0.15, 0.2) is 0 Å². The number of amides is 2. The zero-order chi connectivity index (χ0) is 19.4. The van der Waals surface area contributed by atoms with Crippen LogP contribution >= 0.6 is 11.6 Å². The van der Waals surface area contributed by atoms with E-state index in [9.17, 15) is 9.59 Å². The molecule has 0 bridgehead atoms. The fourth-order valence-corrected chi connectivity index (χ4v) is 3.31. The van der Waals surface area contributed by atoms with Crippen LogP contribution in [0.3, 0.4) is 0 Å². The van der Waals surface area contributed by atoms with Crippen molar-refractivity contribution in [3.05, 3.63) is 64.7 Å². The number of piperidine rings is 1. The predicted octanol–water partition coefficient (Wildman–Crippen LogP) is 3.44. The van der Waals surface area contributed by atoms with Gasteiger partial charge >= 0.3 is 0 Å². The van der Waals surface area contributed by atoms with E-state index in [-0.39, 0.29) is 17.9 Å². The van der Waals surface area contributed by atoms with Gasteiger partial charge in [-0.15, -0.1) is 0 Å². The summed E-state index contributed by atoms with van der Waals surface area (Å²) < 4.78 is 0. The van der Waals surface area contributed by atoms with Crippen LogP contribution in [-0.4, -0.2) is 49.9 Å². The number of carbonyl (C=O) groups excluding carboxylic acids is 2. The molecule has 0 radical (unpaired) electrons. The molecule has 0 saturated carbocycles. The fraction of sp³-hybridized carbons (Fsp3) is 0.333. The molecule has 0 aliphatic carbocycles. The predicted molar refractivity (Wildman–Crippen MR) is 109 cm³/mol. The van der Waals surface area contributed by atoms with Gasteiger partial charge in [0.25, 0.3) is 11.8 Å². The van der Waals surface area contributed by atoms with Crippen LogP contribution in [0.4, 0.5) is 5.69 Å². The molecule has 6 heteroatoms. The van der Waals surface area contributed by atoms with Gasteiger partial charge in [-0.3, -0.25) is 9.59 Å². The lowest BCUT2D eigenvalue weighted by molar-refractivity contribution is 0.0698. The molecule has 1 fully saturated rings. The molecule has 1 saturated heterocycles. The molecule has 0 unspecified atom stereocenters. The summed E-state index contributed by atoms with van der Waals surface area (Å²) in [5.41, 5.74) is 2.36. The summed E-state index contributed by atoms with van der Waals surface area (Å²) in [6.07, 6.45) is 1.50. The van der Waals surface area contributed by atoms with Crippen molar-refractivity contribution in [3.8, 4) is 0 Å². The number of benzene rings is 2. The Morgan fingerprint density at radius 1 is 0.963 bits per heavy atom. The average molecular weight is 386 g/mol. The molecule has 0 atom stereocenters. The third-order valence-corrected chi connectivity index (χ3v) is 5.11. The first-order valence-corrected chi connectivity index (χ1v) is 9.45. The molecule has 2 aromatic rings. The minimum Gasteiger partial charge on any atom is -0.378 e. The minimum atomic E-state index is -0.101. The second-order valence-electron chi connectivity index (χ2n) is 6.99. The normalized spacial score (nSPS) is 14.7. The maximum absolute atomic E-state index is 12.7. The lowest BCUT2D eigenvalue weighted by Crippen LogP contribution is -2.46. The van der Waals surface area contributed by atoms with Crippen molar-refractivity contribution in [1.29, 1.82) is 0 Å². The van der Waals surface area contributed by atoms with Gasteiger partial charge < -0.3 is 15.1 Å². The number of hydrogen-bond acceptors (Lipinski definition) is 3. The Bertz CT molecular complexity index is 795. The maximum Gasteiger partial charge on any atom is 0.253 e. The van der Waals surface area contributed by atoms with Gasteiger partial charge in [0, 0.05) is 55.1 Å². The molecule has 1 aliphatic rings. The van der Waals surface area contributed by atoms with Crippen LogP contribution in [-0.2, 0) is 0 Å². The summed E-state index contributed by atoms with van der Waals surface area (Å²) in [5.74, 6) is -0.0569. The van der Waals surface area contributed by atoms with E-state index in [0.717, 1.165) is 18.5 Å². The number of anilines is 1. The molecule has 0 spiro atoms. The van der Waals surface area contributed by atoms with Gasteiger partial charge in [0.1, 0.15) is 0 Å². The van der Waals surface area contributed by atoms with Crippen LogP contribution in [0, 0.1) is 0 Å². The largest absolute Gasteiger partial charge is 0.378 e. The molecule has 1 aliphatic heterocycles. The van der Waals surface area contributed by atoms with Crippen LogP contribution in [0.5, 0.6) is 0 Å². The monoisotopic (exact) mass is 385 g/mol. The van der Waals surface area contributed by atoms with E-state index in [1.54, 1.807) is 24.3 Å². The molecule has 5 nitrogen and oxygen atoms in total. The summed E-state index contributed by atoms with van der Waals surface area (Å²) in [6.45, 7) is 1.28. The number of halogens is 1. The van der Waals surface area contributed by atoms with E-state index in [1.807, 2.05) is 48.2 Å². The second kappa shape index (κ2) is 8.44. The summed E-state index contributed by atoms with van der Waals surface area (Å²) in [5, 5.41) is 3.66. The standard InChI is InChI=1S/C21H24ClN3O2/c1-24(2)19-9-5-16(6-10-19)21(27)25-13-11-18(12-14-25)23-20(26)15-3-7-17(22)8-4-15/h3-10,18H,11-14H2,1-2H3,(H,23,26). The minimum absolute atomic E-state index is 0.0442. The molecule has 0 aromatic heterocycles. The van der Waals surface area contributed by atoms with E-state index in [4.69, 9.17) is 11.6 Å². The lowest BCUT2D eigenvalue weighted by atomic mass is 10.0. The van der Waals surface area contributed by atoms with Crippen LogP contribution in [0.1, 0.15) is 33.6 Å². The Labute approximate surface area is 164 Å². The molecular formula is C21H24ClN3O2. The number of nitrogens with one attached hydrogen (secondary N) is 1. The van der Waals surface area contributed by atoms with Crippen molar-refractivity contribution in [2.24, 2.45) is 0 Å². The Hall–Kier alpha value is -2.53. The summed E-state index contributed by atoms with van der Waals surface area (Å²) in [4.78, 5) is 28.8. The Morgan fingerprint density at radius 3 is 2.07 bits per heavy atom. The topological polar surface area (TPSA) is 52.7 Å². The second-order valence-corrected chi connectivity index (χ2v) is 7.42. The van der Waals surface area contributed by atoms with Gasteiger partial charge in [-0.1, -0.05) is 11.6 Å². The van der Waals surface area contributed by atoms with Crippen LogP contribution in [0.2, 0.25) is 5.02 Å². The first-order valence-electron chi connectivity index (χ1n) is 9.07. The quantitative estimate of drug-likeness (QED) is 0.877. The zero-order valence-electron chi connectivity index (χ0n) is 15.6. The highest BCUT2D eigenvalue weighted by atomic mass is 35.5. The van der Waals surface area contributed by atoms with Gasteiger partial charge in [-0.25, -0.2) is 0 Å². The smallest absolute Gasteiger partial charge is 0.253 e. The molecule has 142 valence electrons. The van der Waals surface area contributed by atoms with Crippen LogP contribution in [0.25, 0.3) is 0 Å². The van der Waals surface area contributed by atoms with Crippen LogP contribution in [0.15, 0.2) is 48.5 Å². The molecule has 1 N–H and O–H groups in total. The number of carbonyl (C=O) groups is 2. The third kappa shape index (κ3) is 4.80. The fourth-order valence-electron chi connectivity index (χ4n) is 3.18. The molecule has 1 heterocycles. The highest BCUT2D eigenvalue weighted by Gasteiger charge is 2.24. The number of hydrogen-bond donors (Lipinski definition) is 1. The summed E-state index contributed by atoms with van der Waals surface area (Å²) in [7, 11) is 3.94. The summed E-state index contributed by atoms with van der Waals surface area (Å²) in [6, 6.07) is 14.6. The highest BCUT2D eigenvalue weighted by molar-refractivity contribution is 6.30. The third-order valence-electron chi connectivity index (χ3n) is 4.85. The van der Waals surface area contributed by atoms with Crippen molar-refractivity contribution < 1.29 is 9.59 Å². The van der Waals surface area contributed by atoms with E-state index in [0.29, 0.717) is 29.2 Å². The van der Waals surface area contributed by atoms with Crippen molar-refractivity contribution in [2.75, 3.05) is 32.1 Å².